The Morgan fingerprint density at radius 3 is 2.56 bits per heavy atom. The Morgan fingerprint density at radius 1 is 1.13 bits per heavy atom. The molecule has 5 heterocycles. The highest BCUT2D eigenvalue weighted by molar-refractivity contribution is 5.95. The van der Waals surface area contributed by atoms with E-state index >= 15 is 0 Å². The molecule has 39 heavy (non-hydrogen) atoms. The van der Waals surface area contributed by atoms with Gasteiger partial charge in [0.15, 0.2) is 17.3 Å². The molecule has 3 aliphatic heterocycles. The Balaban J connectivity index is 1.58. The standard InChI is InChI=1S/C28H27FN2O8/c1-5-14-15-11-31-20(22(15)30-19-10-18(29)23-24(21(14)19)36-8-7-35-23)9-17-16(25(31)32)12-37-26(33)28(17,6-2)39-27(34)38-13(3)4/h9-10,13H,5-8,11-12H2,1-4H3/t28-/m0/s1. The maximum atomic E-state index is 15.0. The largest absolute Gasteiger partial charge is 0.510 e. The van der Waals surface area contributed by atoms with Crippen LogP contribution in [-0.4, -0.2) is 41.0 Å². The smallest absolute Gasteiger partial charge is 0.485 e. The number of halogens is 1. The van der Waals surface area contributed by atoms with E-state index in [2.05, 4.69) is 0 Å². The first-order valence-electron chi connectivity index (χ1n) is 13.0. The lowest BCUT2D eigenvalue weighted by Gasteiger charge is -2.35. The van der Waals surface area contributed by atoms with Gasteiger partial charge in [-0.15, -0.1) is 0 Å². The van der Waals surface area contributed by atoms with E-state index in [1.807, 2.05) is 6.92 Å². The van der Waals surface area contributed by atoms with Gasteiger partial charge in [-0.1, -0.05) is 13.8 Å². The number of carbonyl (C=O) groups excluding carboxylic acids is 2. The van der Waals surface area contributed by atoms with Crippen molar-refractivity contribution in [3.05, 3.63) is 50.6 Å². The molecule has 10 nitrogen and oxygen atoms in total. The van der Waals surface area contributed by atoms with Crippen LogP contribution in [-0.2, 0) is 44.2 Å². The lowest BCUT2D eigenvalue weighted by atomic mass is 9.85. The summed E-state index contributed by atoms with van der Waals surface area (Å²) >= 11 is 0. The lowest BCUT2D eigenvalue weighted by molar-refractivity contribution is -0.176. The number of carbonyl (C=O) groups is 2. The molecule has 2 aromatic heterocycles. The number of benzene rings is 1. The first-order valence-corrected chi connectivity index (χ1v) is 13.0. The van der Waals surface area contributed by atoms with Crippen molar-refractivity contribution in [3.8, 4) is 22.9 Å². The maximum Gasteiger partial charge on any atom is 0.510 e. The van der Waals surface area contributed by atoms with E-state index in [-0.39, 0.29) is 55.2 Å². The van der Waals surface area contributed by atoms with Gasteiger partial charge in [0.05, 0.1) is 35.1 Å². The molecule has 11 heteroatoms. The van der Waals surface area contributed by atoms with Crippen LogP contribution in [0, 0.1) is 5.82 Å². The molecular weight excluding hydrogens is 511 g/mol. The van der Waals surface area contributed by atoms with Crippen LogP contribution in [0.3, 0.4) is 0 Å². The van der Waals surface area contributed by atoms with Crippen molar-refractivity contribution in [1.82, 2.24) is 9.55 Å². The number of cyclic esters (lactones) is 1. The highest BCUT2D eigenvalue weighted by atomic mass is 19.1. The van der Waals surface area contributed by atoms with E-state index in [1.54, 1.807) is 31.4 Å². The molecule has 0 N–H and O–H groups in total. The summed E-state index contributed by atoms with van der Waals surface area (Å²) in [5, 5.41) is 0.652. The number of esters is 1. The van der Waals surface area contributed by atoms with E-state index in [1.165, 1.54) is 6.07 Å². The van der Waals surface area contributed by atoms with E-state index in [0.717, 1.165) is 11.1 Å². The van der Waals surface area contributed by atoms with Crippen molar-refractivity contribution in [2.75, 3.05) is 13.2 Å². The molecule has 0 amide bonds. The molecule has 3 aliphatic rings. The van der Waals surface area contributed by atoms with Crippen LogP contribution in [0.25, 0.3) is 22.3 Å². The van der Waals surface area contributed by atoms with Gasteiger partial charge < -0.3 is 28.3 Å². The van der Waals surface area contributed by atoms with Gasteiger partial charge in [0.25, 0.3) is 5.56 Å². The van der Waals surface area contributed by atoms with Crippen LogP contribution in [0.5, 0.6) is 11.5 Å². The van der Waals surface area contributed by atoms with Crippen molar-refractivity contribution in [1.29, 1.82) is 0 Å². The summed E-state index contributed by atoms with van der Waals surface area (Å²) in [6.45, 7) is 7.43. The zero-order chi connectivity index (χ0) is 27.6. The van der Waals surface area contributed by atoms with Gasteiger partial charge in [-0.25, -0.2) is 19.0 Å². The van der Waals surface area contributed by atoms with Crippen LogP contribution >= 0.6 is 0 Å². The number of hydrogen-bond acceptors (Lipinski definition) is 9. The fraction of sp³-hybridized carbons (Fsp3) is 0.429. The predicted octanol–water partition coefficient (Wildman–Crippen LogP) is 4.12. The van der Waals surface area contributed by atoms with Crippen molar-refractivity contribution in [2.24, 2.45) is 0 Å². The zero-order valence-electron chi connectivity index (χ0n) is 22.0. The van der Waals surface area contributed by atoms with Gasteiger partial charge in [0.1, 0.15) is 19.8 Å². The minimum Gasteiger partial charge on any atom is -0.485 e. The molecule has 1 aromatic carbocycles. The number of hydrogen-bond donors (Lipinski definition) is 0. The van der Waals surface area contributed by atoms with E-state index in [0.29, 0.717) is 34.5 Å². The first-order chi connectivity index (χ1) is 18.7. The second kappa shape index (κ2) is 8.96. The highest BCUT2D eigenvalue weighted by Crippen LogP contribution is 2.46. The van der Waals surface area contributed by atoms with Gasteiger partial charge in [0, 0.05) is 22.6 Å². The number of aryl methyl sites for hydroxylation is 1. The fourth-order valence-electron chi connectivity index (χ4n) is 5.72. The van der Waals surface area contributed by atoms with Crippen molar-refractivity contribution >= 4 is 23.0 Å². The Bertz CT molecular complexity index is 1630. The lowest BCUT2D eigenvalue weighted by Crippen LogP contribution is -2.47. The van der Waals surface area contributed by atoms with E-state index < -0.39 is 29.6 Å². The SMILES string of the molecule is CCc1c2c(nc3cc(F)c4c(c13)OCCO4)-c1cc3c(c(=O)n1C2)COC(=O)[C@@]3(CC)OC(=O)OC(C)C. The molecule has 6 rings (SSSR count). The summed E-state index contributed by atoms with van der Waals surface area (Å²) < 4.78 is 44.0. The molecule has 3 aromatic rings. The maximum absolute atomic E-state index is 15.0. The molecule has 0 saturated carbocycles. The van der Waals surface area contributed by atoms with Crippen LogP contribution in [0.4, 0.5) is 9.18 Å². The summed E-state index contributed by atoms with van der Waals surface area (Å²) in [6.07, 6.45) is -0.941. The second-order valence-corrected chi connectivity index (χ2v) is 9.97. The van der Waals surface area contributed by atoms with Crippen molar-refractivity contribution in [2.45, 2.75) is 65.4 Å². The average molecular weight is 539 g/mol. The van der Waals surface area contributed by atoms with Crippen LogP contribution < -0.4 is 15.0 Å². The third-order valence-corrected chi connectivity index (χ3v) is 7.44. The highest BCUT2D eigenvalue weighted by Gasteiger charge is 2.51. The number of fused-ring (bicyclic) bond motifs is 7. The molecule has 0 radical (unpaired) electrons. The Kier molecular flexibility index (Phi) is 5.78. The summed E-state index contributed by atoms with van der Waals surface area (Å²) in [5.74, 6) is -1.00. The Labute approximate surface area is 222 Å². The van der Waals surface area contributed by atoms with Gasteiger partial charge >= 0.3 is 12.1 Å². The molecule has 0 saturated heterocycles. The number of aromatic nitrogens is 2. The van der Waals surface area contributed by atoms with Crippen LogP contribution in [0.1, 0.15) is 56.4 Å². The van der Waals surface area contributed by atoms with Crippen LogP contribution in [0.15, 0.2) is 16.9 Å². The number of nitrogens with zero attached hydrogens (tertiary/aromatic N) is 2. The molecule has 204 valence electrons. The fourth-order valence-corrected chi connectivity index (χ4v) is 5.72. The molecular formula is C28H27FN2O8. The summed E-state index contributed by atoms with van der Waals surface area (Å²) in [4.78, 5) is 44.2. The van der Waals surface area contributed by atoms with Gasteiger partial charge in [-0.2, -0.15) is 0 Å². The van der Waals surface area contributed by atoms with Gasteiger partial charge in [0.2, 0.25) is 5.60 Å². The molecule has 0 aliphatic carbocycles. The Hall–Kier alpha value is -4.15. The third kappa shape index (κ3) is 3.59. The number of pyridine rings is 2. The molecule has 0 bridgehead atoms. The topological polar surface area (TPSA) is 115 Å². The van der Waals surface area contributed by atoms with E-state index in [4.69, 9.17) is 28.7 Å². The van der Waals surface area contributed by atoms with E-state index in [9.17, 15) is 18.8 Å². The second-order valence-electron chi connectivity index (χ2n) is 9.97. The monoisotopic (exact) mass is 538 g/mol. The summed E-state index contributed by atoms with van der Waals surface area (Å²) in [6, 6.07) is 2.96. The number of ether oxygens (including phenoxy) is 5. The zero-order valence-corrected chi connectivity index (χ0v) is 22.0. The minimum absolute atomic E-state index is 0.0157. The first kappa shape index (κ1) is 25.1. The molecule has 0 fully saturated rings. The third-order valence-electron chi connectivity index (χ3n) is 7.44. The average Bonchev–Trinajstić information content (AvgIpc) is 3.27. The molecule has 1 atom stereocenters. The molecule has 0 unspecified atom stereocenters. The predicted molar refractivity (Wildman–Crippen MR) is 135 cm³/mol. The minimum atomic E-state index is -1.86. The van der Waals surface area contributed by atoms with Gasteiger partial charge in [-0.05, 0) is 38.3 Å². The van der Waals surface area contributed by atoms with Gasteiger partial charge in [-0.3, -0.25) is 4.79 Å². The van der Waals surface area contributed by atoms with Crippen molar-refractivity contribution in [3.63, 3.8) is 0 Å². The number of rotatable bonds is 4. The Morgan fingerprint density at radius 2 is 1.87 bits per heavy atom. The van der Waals surface area contributed by atoms with Crippen molar-refractivity contribution < 1.29 is 37.7 Å². The summed E-state index contributed by atoms with van der Waals surface area (Å²) in [7, 11) is 0. The van der Waals surface area contributed by atoms with Crippen LogP contribution in [0.2, 0.25) is 0 Å². The normalized spacial score (nSPS) is 18.9. The summed E-state index contributed by atoms with van der Waals surface area (Å²) in [5.41, 5.74) is 1.16. The quantitative estimate of drug-likeness (QED) is 0.354. The molecule has 0 spiro atoms.